The van der Waals surface area contributed by atoms with Crippen LogP contribution >= 0.6 is 27.5 Å². The molecular weight excluding hydrogens is 336 g/mol. The van der Waals surface area contributed by atoms with E-state index in [9.17, 15) is 0 Å². The Balaban J connectivity index is 2.04. The highest BCUT2D eigenvalue weighted by Gasteiger charge is 2.09. The summed E-state index contributed by atoms with van der Waals surface area (Å²) in [4.78, 5) is 0.272. The van der Waals surface area contributed by atoms with E-state index in [2.05, 4.69) is 47.1 Å². The van der Waals surface area contributed by atoms with Crippen LogP contribution in [0.4, 0.5) is 0 Å². The van der Waals surface area contributed by atoms with E-state index in [4.69, 9.17) is 16.3 Å². The molecule has 0 saturated heterocycles. The van der Waals surface area contributed by atoms with Crippen LogP contribution in [0.5, 0.6) is 5.75 Å². The molecule has 1 unspecified atom stereocenters. The molecule has 0 fully saturated rings. The molecule has 3 heteroatoms. The molecule has 0 bridgehead atoms. The van der Waals surface area contributed by atoms with E-state index in [1.165, 1.54) is 11.1 Å². The average molecular weight is 354 g/mol. The zero-order chi connectivity index (χ0) is 14.4. The van der Waals surface area contributed by atoms with Gasteiger partial charge in [-0.15, -0.1) is 0 Å². The normalized spacial score (nSPS) is 12.2. The molecule has 1 atom stereocenters. The lowest BCUT2D eigenvalue weighted by molar-refractivity contribution is 0.317. The van der Waals surface area contributed by atoms with Crippen molar-refractivity contribution in [1.82, 2.24) is 0 Å². The third-order valence-corrected chi connectivity index (χ3v) is 4.13. The lowest BCUT2D eigenvalue weighted by Crippen LogP contribution is -1.98. The third kappa shape index (κ3) is 4.53. The van der Waals surface area contributed by atoms with Crippen LogP contribution in [0.3, 0.4) is 0 Å². The Kier molecular flexibility index (Phi) is 5.93. The van der Waals surface area contributed by atoms with Crippen molar-refractivity contribution in [2.75, 3.05) is 6.61 Å². The van der Waals surface area contributed by atoms with Gasteiger partial charge in [-0.1, -0.05) is 58.7 Å². The minimum absolute atomic E-state index is 0.272. The SMILES string of the molecule is CCCOc1cccc(C(Br)Cc2ccc(Cl)cc2)c1. The topological polar surface area (TPSA) is 9.23 Å². The van der Waals surface area contributed by atoms with E-state index < -0.39 is 0 Å². The highest BCUT2D eigenvalue weighted by atomic mass is 79.9. The van der Waals surface area contributed by atoms with Crippen LogP contribution in [0.1, 0.15) is 29.3 Å². The summed E-state index contributed by atoms with van der Waals surface area (Å²) >= 11 is 9.66. The first-order valence-electron chi connectivity index (χ1n) is 6.80. The number of benzene rings is 2. The van der Waals surface area contributed by atoms with Crippen molar-refractivity contribution in [3.63, 3.8) is 0 Å². The lowest BCUT2D eigenvalue weighted by Gasteiger charge is -2.12. The van der Waals surface area contributed by atoms with Gasteiger partial charge in [0.1, 0.15) is 5.75 Å². The summed E-state index contributed by atoms with van der Waals surface area (Å²) in [6.07, 6.45) is 1.95. The summed E-state index contributed by atoms with van der Waals surface area (Å²) < 4.78 is 5.67. The fraction of sp³-hybridized carbons (Fsp3) is 0.294. The third-order valence-electron chi connectivity index (χ3n) is 3.02. The highest BCUT2D eigenvalue weighted by Crippen LogP contribution is 2.29. The van der Waals surface area contributed by atoms with Crippen LogP contribution in [0.15, 0.2) is 48.5 Å². The maximum absolute atomic E-state index is 5.91. The van der Waals surface area contributed by atoms with Gasteiger partial charge in [0.15, 0.2) is 0 Å². The first-order valence-corrected chi connectivity index (χ1v) is 8.09. The van der Waals surface area contributed by atoms with Crippen LogP contribution in [0, 0.1) is 0 Å². The van der Waals surface area contributed by atoms with Crippen LogP contribution < -0.4 is 4.74 Å². The number of hydrogen-bond acceptors (Lipinski definition) is 1. The lowest BCUT2D eigenvalue weighted by atomic mass is 10.0. The minimum Gasteiger partial charge on any atom is -0.494 e. The number of halogens is 2. The summed E-state index contributed by atoms with van der Waals surface area (Å²) in [6.45, 7) is 2.87. The molecule has 0 amide bonds. The molecule has 0 saturated carbocycles. The van der Waals surface area contributed by atoms with Gasteiger partial charge in [-0.3, -0.25) is 0 Å². The van der Waals surface area contributed by atoms with E-state index in [1.807, 2.05) is 24.3 Å². The zero-order valence-corrected chi connectivity index (χ0v) is 13.8. The maximum atomic E-state index is 5.91. The van der Waals surface area contributed by atoms with Crippen LogP contribution in [0.25, 0.3) is 0 Å². The van der Waals surface area contributed by atoms with Crippen molar-refractivity contribution in [3.05, 3.63) is 64.7 Å². The molecule has 0 aliphatic carbocycles. The predicted molar refractivity (Wildman–Crippen MR) is 89.1 cm³/mol. The molecule has 0 aromatic heterocycles. The Bertz CT molecular complexity index is 539. The molecule has 2 aromatic carbocycles. The van der Waals surface area contributed by atoms with Gasteiger partial charge in [0, 0.05) is 9.85 Å². The molecule has 0 aliphatic heterocycles. The van der Waals surface area contributed by atoms with Crippen molar-refractivity contribution >= 4 is 27.5 Å². The molecule has 20 heavy (non-hydrogen) atoms. The number of alkyl halides is 1. The van der Waals surface area contributed by atoms with Gasteiger partial charge in [0.05, 0.1) is 6.61 Å². The fourth-order valence-corrected chi connectivity index (χ4v) is 2.75. The Labute approximate surface area is 134 Å². The maximum Gasteiger partial charge on any atom is 0.119 e. The average Bonchev–Trinajstić information content (AvgIpc) is 2.48. The molecule has 0 N–H and O–H groups in total. The molecule has 106 valence electrons. The minimum atomic E-state index is 0.272. The molecule has 0 heterocycles. The van der Waals surface area contributed by atoms with Crippen molar-refractivity contribution in [2.24, 2.45) is 0 Å². The number of rotatable bonds is 6. The summed E-state index contributed by atoms with van der Waals surface area (Å²) in [7, 11) is 0. The van der Waals surface area contributed by atoms with Gasteiger partial charge in [-0.05, 0) is 48.2 Å². The standard InChI is InChI=1S/C17H18BrClO/c1-2-10-20-16-5-3-4-14(12-16)17(18)11-13-6-8-15(19)9-7-13/h3-9,12,17H,2,10-11H2,1H3. The molecule has 2 rings (SSSR count). The Morgan fingerprint density at radius 3 is 2.60 bits per heavy atom. The summed E-state index contributed by atoms with van der Waals surface area (Å²) in [5.41, 5.74) is 2.49. The van der Waals surface area contributed by atoms with Crippen molar-refractivity contribution in [1.29, 1.82) is 0 Å². The van der Waals surface area contributed by atoms with Crippen molar-refractivity contribution in [3.8, 4) is 5.75 Å². The van der Waals surface area contributed by atoms with Crippen molar-refractivity contribution < 1.29 is 4.74 Å². The van der Waals surface area contributed by atoms with Gasteiger partial charge in [-0.2, -0.15) is 0 Å². The van der Waals surface area contributed by atoms with Crippen molar-refractivity contribution in [2.45, 2.75) is 24.6 Å². The monoisotopic (exact) mass is 352 g/mol. The second kappa shape index (κ2) is 7.70. The molecule has 1 nitrogen and oxygen atoms in total. The van der Waals surface area contributed by atoms with E-state index in [1.54, 1.807) is 0 Å². The predicted octanol–water partition coefficient (Wildman–Crippen LogP) is 5.81. The zero-order valence-electron chi connectivity index (χ0n) is 11.5. The van der Waals surface area contributed by atoms with E-state index in [0.717, 1.165) is 30.2 Å². The Morgan fingerprint density at radius 2 is 1.90 bits per heavy atom. The summed E-state index contributed by atoms with van der Waals surface area (Å²) in [6, 6.07) is 16.2. The second-order valence-electron chi connectivity index (χ2n) is 4.72. The Hall–Kier alpha value is -0.990. The van der Waals surface area contributed by atoms with Crippen LogP contribution in [-0.4, -0.2) is 6.61 Å². The number of ether oxygens (including phenoxy) is 1. The first kappa shape index (κ1) is 15.4. The summed E-state index contributed by atoms with van der Waals surface area (Å²) in [5.74, 6) is 0.935. The van der Waals surface area contributed by atoms with E-state index in [-0.39, 0.29) is 4.83 Å². The van der Waals surface area contributed by atoms with Gasteiger partial charge in [-0.25, -0.2) is 0 Å². The van der Waals surface area contributed by atoms with E-state index >= 15 is 0 Å². The number of hydrogen-bond donors (Lipinski definition) is 0. The van der Waals surface area contributed by atoms with Crippen LogP contribution in [-0.2, 0) is 6.42 Å². The molecule has 0 spiro atoms. The van der Waals surface area contributed by atoms with Crippen LogP contribution in [0.2, 0.25) is 5.02 Å². The van der Waals surface area contributed by atoms with Gasteiger partial charge in [0.25, 0.3) is 0 Å². The quantitative estimate of drug-likeness (QED) is 0.596. The van der Waals surface area contributed by atoms with E-state index in [0.29, 0.717) is 0 Å². The molecule has 2 aromatic rings. The fourth-order valence-electron chi connectivity index (χ4n) is 1.96. The first-order chi connectivity index (χ1) is 9.69. The summed E-state index contributed by atoms with van der Waals surface area (Å²) in [5, 5.41) is 0.773. The molecule has 0 radical (unpaired) electrons. The second-order valence-corrected chi connectivity index (χ2v) is 6.26. The highest BCUT2D eigenvalue weighted by molar-refractivity contribution is 9.09. The Morgan fingerprint density at radius 1 is 1.15 bits per heavy atom. The smallest absolute Gasteiger partial charge is 0.119 e. The molecular formula is C17H18BrClO. The van der Waals surface area contributed by atoms with Gasteiger partial charge in [0.2, 0.25) is 0 Å². The van der Waals surface area contributed by atoms with Gasteiger partial charge < -0.3 is 4.74 Å². The van der Waals surface area contributed by atoms with Gasteiger partial charge >= 0.3 is 0 Å². The largest absolute Gasteiger partial charge is 0.494 e. The molecule has 0 aliphatic rings.